The first-order chi connectivity index (χ1) is 18.4. The maximum Gasteiger partial charge on any atom is 0.436 e. The lowest BCUT2D eigenvalue weighted by Crippen LogP contribution is -2.54. The number of rotatable bonds is 10. The summed E-state index contributed by atoms with van der Waals surface area (Å²) in [4.78, 5) is 19.6. The first-order valence-corrected chi connectivity index (χ1v) is 15.6. The molecular weight excluding hydrogens is 495 g/mol. The van der Waals surface area contributed by atoms with E-state index in [0.717, 1.165) is 54.4 Å². The molecule has 4 rings (SSSR count). The number of fused-ring (bicyclic) bond motifs is 5. The Kier molecular flexibility index (Phi) is 9.70. The van der Waals surface area contributed by atoms with E-state index < -0.39 is 12.8 Å². The maximum absolute atomic E-state index is 13.2. The second-order valence-electron chi connectivity index (χ2n) is 14.8. The van der Waals surface area contributed by atoms with Crippen molar-refractivity contribution in [3.63, 3.8) is 0 Å². The molecule has 0 aromatic heterocycles. The van der Waals surface area contributed by atoms with E-state index in [1.165, 1.54) is 43.4 Å². The van der Waals surface area contributed by atoms with Crippen LogP contribution < -0.4 is 5.32 Å². The molecule has 4 aliphatic carbocycles. The molecule has 0 aromatic rings. The molecule has 0 radical (unpaired) electrons. The van der Waals surface area contributed by atoms with Crippen LogP contribution in [0.5, 0.6) is 0 Å². The topological polar surface area (TPSA) is 74.2 Å². The van der Waals surface area contributed by atoms with Crippen molar-refractivity contribution in [3.8, 4) is 0 Å². The highest BCUT2D eigenvalue weighted by Crippen LogP contribution is 2.67. The number of hydrogen-bond acceptors (Lipinski definition) is 5. The molecule has 2 N–H and O–H groups in total. The number of quaternary nitrogens is 1. The van der Waals surface area contributed by atoms with Crippen LogP contribution in [0.4, 0.5) is 9.18 Å². The van der Waals surface area contributed by atoms with E-state index in [2.05, 4.69) is 45.5 Å². The van der Waals surface area contributed by atoms with Crippen LogP contribution in [0.3, 0.4) is 0 Å². The van der Waals surface area contributed by atoms with Crippen LogP contribution in [-0.4, -0.2) is 92.9 Å². The number of carbonyl (C=O) groups excluding carboxylic acids is 1. The van der Waals surface area contributed by atoms with Gasteiger partial charge in [-0.15, -0.1) is 0 Å². The van der Waals surface area contributed by atoms with Gasteiger partial charge in [0.2, 0.25) is 0 Å². The molecule has 8 atom stereocenters. The van der Waals surface area contributed by atoms with E-state index in [0.29, 0.717) is 36.3 Å². The number of alkyl halides is 1. The average Bonchev–Trinajstić information content (AvgIpc) is 3.23. The number of nitrogens with one attached hydrogen (secondary N) is 1. The van der Waals surface area contributed by atoms with Gasteiger partial charge in [-0.05, 0) is 99.2 Å². The molecule has 1 amide bonds. The number of oxime groups is 1. The third-order valence-corrected chi connectivity index (χ3v) is 11.5. The van der Waals surface area contributed by atoms with Crippen molar-refractivity contribution in [3.05, 3.63) is 0 Å². The molecule has 0 spiro atoms. The summed E-state index contributed by atoms with van der Waals surface area (Å²) in [7, 11) is 6.42. The molecular formula is C31H56FN4O3+. The number of likely N-dealkylation sites (N-methyl/N-ethyl adjacent to an activating group) is 1. The summed E-state index contributed by atoms with van der Waals surface area (Å²) in [6.45, 7) is 9.25. The summed E-state index contributed by atoms with van der Waals surface area (Å²) < 4.78 is 14.0. The first-order valence-electron chi connectivity index (χ1n) is 15.6. The number of hydrogen-bond donors (Lipinski definition) is 2. The third-order valence-electron chi connectivity index (χ3n) is 11.5. The van der Waals surface area contributed by atoms with Crippen molar-refractivity contribution in [2.45, 2.75) is 84.7 Å². The van der Waals surface area contributed by atoms with E-state index in [1.807, 2.05) is 6.92 Å². The van der Waals surface area contributed by atoms with Gasteiger partial charge in [-0.3, -0.25) is 4.84 Å². The van der Waals surface area contributed by atoms with Crippen molar-refractivity contribution in [1.82, 2.24) is 10.2 Å². The normalized spacial score (nSPS) is 38.5. The van der Waals surface area contributed by atoms with Gasteiger partial charge >= 0.3 is 6.09 Å². The smallest absolute Gasteiger partial charge is 0.393 e. The number of aliphatic hydroxyl groups excluding tert-OH is 1. The van der Waals surface area contributed by atoms with E-state index >= 15 is 0 Å². The highest BCUT2D eigenvalue weighted by atomic mass is 19.1. The fraction of sp³-hybridized carbons (Fsp3) is 0.935. The number of amides is 1. The first kappa shape index (κ1) is 30.7. The monoisotopic (exact) mass is 551 g/mol. The Hall–Kier alpha value is -1.25. The van der Waals surface area contributed by atoms with Crippen LogP contribution in [0.2, 0.25) is 0 Å². The second-order valence-corrected chi connectivity index (χ2v) is 14.8. The Bertz CT molecular complexity index is 878. The third kappa shape index (κ3) is 6.64. The molecule has 0 aromatic carbocycles. The van der Waals surface area contributed by atoms with Gasteiger partial charge in [0.05, 0.1) is 46.0 Å². The van der Waals surface area contributed by atoms with E-state index in [9.17, 15) is 14.3 Å². The van der Waals surface area contributed by atoms with Gasteiger partial charge in [0.25, 0.3) is 0 Å². The van der Waals surface area contributed by atoms with Gasteiger partial charge < -0.3 is 19.8 Å². The van der Waals surface area contributed by atoms with E-state index in [1.54, 1.807) is 0 Å². The van der Waals surface area contributed by atoms with E-state index in [-0.39, 0.29) is 18.1 Å². The van der Waals surface area contributed by atoms with Crippen LogP contribution >= 0.6 is 0 Å². The fourth-order valence-electron chi connectivity index (χ4n) is 9.30. The number of carbonyl (C=O) groups is 1. The molecule has 0 heterocycles. The summed E-state index contributed by atoms with van der Waals surface area (Å²) in [6, 6.07) is 0. The summed E-state index contributed by atoms with van der Waals surface area (Å²) in [5.74, 6) is 3.20. The van der Waals surface area contributed by atoms with Gasteiger partial charge in [-0.25, -0.2) is 9.18 Å². The van der Waals surface area contributed by atoms with Crippen molar-refractivity contribution in [1.29, 1.82) is 0 Å². The molecule has 0 unspecified atom stereocenters. The highest BCUT2D eigenvalue weighted by molar-refractivity contribution is 5.85. The zero-order chi connectivity index (χ0) is 28.4. The van der Waals surface area contributed by atoms with Crippen LogP contribution in [0.15, 0.2) is 5.16 Å². The molecule has 0 saturated heterocycles. The predicted octanol–water partition coefficient (Wildman–Crippen LogP) is 5.09. The maximum atomic E-state index is 13.2. The lowest BCUT2D eigenvalue weighted by Gasteiger charge is -2.61. The number of nitrogens with zero attached hydrogens (tertiary/aromatic N) is 3. The van der Waals surface area contributed by atoms with Crippen molar-refractivity contribution in [2.75, 3.05) is 60.5 Å². The summed E-state index contributed by atoms with van der Waals surface area (Å²) in [6.07, 6.45) is 9.78. The highest BCUT2D eigenvalue weighted by Gasteiger charge is 2.60. The quantitative estimate of drug-likeness (QED) is 0.130. The zero-order valence-electron chi connectivity index (χ0n) is 25.6. The van der Waals surface area contributed by atoms with Gasteiger partial charge in [0, 0.05) is 25.6 Å². The van der Waals surface area contributed by atoms with Crippen LogP contribution in [0, 0.1) is 40.4 Å². The minimum absolute atomic E-state index is 0.0213. The summed E-state index contributed by atoms with van der Waals surface area (Å²) in [5, 5.41) is 18.0. The molecule has 4 aliphatic rings. The lowest BCUT2D eigenvalue weighted by molar-refractivity contribution is -0.869. The lowest BCUT2D eigenvalue weighted by atomic mass is 9.44. The Morgan fingerprint density at radius 3 is 2.46 bits per heavy atom. The molecule has 39 heavy (non-hydrogen) atoms. The van der Waals surface area contributed by atoms with Crippen molar-refractivity contribution in [2.24, 2.45) is 45.6 Å². The van der Waals surface area contributed by atoms with Gasteiger partial charge in [-0.1, -0.05) is 19.0 Å². The summed E-state index contributed by atoms with van der Waals surface area (Å²) >= 11 is 0. The molecule has 224 valence electrons. The average molecular weight is 552 g/mol. The van der Waals surface area contributed by atoms with Gasteiger partial charge in [0.1, 0.15) is 6.67 Å². The summed E-state index contributed by atoms with van der Waals surface area (Å²) in [5.41, 5.74) is 1.47. The Morgan fingerprint density at radius 2 is 1.74 bits per heavy atom. The molecule has 7 nitrogen and oxygen atoms in total. The van der Waals surface area contributed by atoms with Crippen LogP contribution in [0.25, 0.3) is 0 Å². The zero-order valence-corrected chi connectivity index (χ0v) is 25.6. The fourth-order valence-corrected chi connectivity index (χ4v) is 9.30. The molecule has 8 heteroatoms. The minimum Gasteiger partial charge on any atom is -0.393 e. The Morgan fingerprint density at radius 1 is 1.03 bits per heavy atom. The van der Waals surface area contributed by atoms with Crippen LogP contribution in [0.1, 0.15) is 78.6 Å². The standard InChI is InChI=1S/C31H56FN4O3/c1-22(34-39-29(38)35(18-15-32)19-16-33-17-20-36(4,5)6)26-9-10-27-25-8-7-23-21-24(37)11-13-30(23,2)28(25)12-14-31(26,27)3/h23-28,33,37H,7-21H2,1-6H3/q+1/b34-22+/t23-,24-,25+,26-,27+,28+,30+,31-/m1/s1. The van der Waals surface area contributed by atoms with Gasteiger partial charge in [-0.2, -0.15) is 0 Å². The molecule has 0 bridgehead atoms. The largest absolute Gasteiger partial charge is 0.436 e. The van der Waals surface area contributed by atoms with Gasteiger partial charge in [0.15, 0.2) is 0 Å². The molecule has 0 aliphatic heterocycles. The van der Waals surface area contributed by atoms with E-state index in [4.69, 9.17) is 4.84 Å². The van der Waals surface area contributed by atoms with Crippen LogP contribution in [-0.2, 0) is 4.84 Å². The number of halogens is 1. The molecule has 4 saturated carbocycles. The molecule has 4 fully saturated rings. The number of aliphatic hydroxyl groups is 1. The predicted molar refractivity (Wildman–Crippen MR) is 154 cm³/mol. The Balaban J connectivity index is 1.34. The van der Waals surface area contributed by atoms with Crippen molar-refractivity contribution < 1.29 is 23.6 Å². The Labute approximate surface area is 236 Å². The second kappa shape index (κ2) is 12.3. The van der Waals surface area contributed by atoms with Crippen molar-refractivity contribution >= 4 is 11.8 Å². The SMILES string of the molecule is C/C(=N\OC(=O)N(CCF)CCNCC[N+](C)(C)C)[C@H]1CC[C@H]2[C@@H]3CC[C@@H]4C[C@H](O)CC[C@]4(C)[C@H]3CC[C@]12C. The minimum atomic E-state index is -0.597.